The predicted molar refractivity (Wildman–Crippen MR) is 103 cm³/mol. The number of hydrogen-bond acceptors (Lipinski definition) is 3. The molecule has 4 aliphatic rings. The Labute approximate surface area is 164 Å². The summed E-state index contributed by atoms with van der Waals surface area (Å²) < 4.78 is 28.6. The van der Waals surface area contributed by atoms with E-state index in [2.05, 4.69) is 18.1 Å². The zero-order valence-corrected chi connectivity index (χ0v) is 16.2. The van der Waals surface area contributed by atoms with E-state index in [1.54, 1.807) is 12.1 Å². The highest BCUT2D eigenvalue weighted by molar-refractivity contribution is 5.62. The molecule has 3 fully saturated rings. The number of hydrogen-bond donors (Lipinski definition) is 0. The molecule has 4 nitrogen and oxygen atoms in total. The fourth-order valence-corrected chi connectivity index (χ4v) is 5.82. The van der Waals surface area contributed by atoms with Crippen molar-refractivity contribution in [2.75, 3.05) is 0 Å². The molecule has 1 aromatic heterocycles. The summed E-state index contributed by atoms with van der Waals surface area (Å²) in [6.45, 7) is 2.31. The van der Waals surface area contributed by atoms with Crippen LogP contribution < -0.4 is 0 Å². The predicted octanol–water partition coefficient (Wildman–Crippen LogP) is 4.81. The summed E-state index contributed by atoms with van der Waals surface area (Å²) in [7, 11) is 0. The molecular formula is C23H25FN2O2. The Morgan fingerprint density at radius 3 is 2.54 bits per heavy atom. The highest BCUT2D eigenvalue weighted by Gasteiger charge is 2.63. The van der Waals surface area contributed by atoms with Crippen molar-refractivity contribution >= 4 is 6.08 Å². The molecule has 1 aromatic carbocycles. The first-order chi connectivity index (χ1) is 13.6. The third-order valence-corrected chi connectivity index (χ3v) is 7.41. The van der Waals surface area contributed by atoms with Crippen molar-refractivity contribution in [3.05, 3.63) is 53.1 Å². The third-order valence-electron chi connectivity index (χ3n) is 7.41. The maximum Gasteiger partial charge on any atom is 0.178 e. The lowest BCUT2D eigenvalue weighted by atomic mass is 9.72. The van der Waals surface area contributed by atoms with E-state index >= 15 is 0 Å². The number of benzene rings is 1. The first-order valence-corrected chi connectivity index (χ1v) is 10.5. The standard InChI is InChI=1S/C23H25FN2O2/c1-22-13-15-14-25-26(18-8-6-17(24)7-9-18)19(15)12-16(22)10-11-23(22)27-20-4-2-3-5-21(20)28-23/h6-9,12,14,20-21H,2-5,10-11,13H2,1H3/t20-,21-,22-/m0/s1. The van der Waals surface area contributed by atoms with Gasteiger partial charge in [-0.05, 0) is 61.6 Å². The van der Waals surface area contributed by atoms with Gasteiger partial charge in [0, 0.05) is 11.8 Å². The topological polar surface area (TPSA) is 36.3 Å². The van der Waals surface area contributed by atoms with Crippen LogP contribution in [0.4, 0.5) is 4.39 Å². The molecule has 0 N–H and O–H groups in total. The van der Waals surface area contributed by atoms with Gasteiger partial charge in [-0.2, -0.15) is 5.10 Å². The normalized spacial score (nSPS) is 32.7. The minimum Gasteiger partial charge on any atom is -0.343 e. The van der Waals surface area contributed by atoms with E-state index in [9.17, 15) is 4.39 Å². The first kappa shape index (κ1) is 16.9. The Balaban J connectivity index is 1.38. The van der Waals surface area contributed by atoms with Gasteiger partial charge in [-0.3, -0.25) is 0 Å². The maximum absolute atomic E-state index is 13.3. The quantitative estimate of drug-likeness (QED) is 0.713. The van der Waals surface area contributed by atoms with Gasteiger partial charge in [0.2, 0.25) is 0 Å². The Hall–Kier alpha value is -1.98. The fraction of sp³-hybridized carbons (Fsp3) is 0.522. The fourth-order valence-electron chi connectivity index (χ4n) is 5.82. The molecule has 1 spiro atoms. The Kier molecular flexibility index (Phi) is 3.49. The SMILES string of the molecule is C[C@]12Cc3cnn(-c4ccc(F)cc4)c3C=C1CCC21O[C@H]2CCCC[C@@H]2O1. The van der Waals surface area contributed by atoms with Crippen molar-refractivity contribution in [3.8, 4) is 5.69 Å². The molecule has 1 saturated heterocycles. The van der Waals surface area contributed by atoms with Crippen LogP contribution in [0.1, 0.15) is 56.7 Å². The highest BCUT2D eigenvalue weighted by Crippen LogP contribution is 2.61. The summed E-state index contributed by atoms with van der Waals surface area (Å²) >= 11 is 0. The van der Waals surface area contributed by atoms with Crippen LogP contribution >= 0.6 is 0 Å². The van der Waals surface area contributed by atoms with E-state index in [4.69, 9.17) is 9.47 Å². The van der Waals surface area contributed by atoms with E-state index in [1.807, 2.05) is 10.9 Å². The third kappa shape index (κ3) is 2.20. The van der Waals surface area contributed by atoms with Gasteiger partial charge in [0.25, 0.3) is 0 Å². The molecule has 0 bridgehead atoms. The molecule has 2 aromatic rings. The Morgan fingerprint density at radius 2 is 1.82 bits per heavy atom. The molecule has 3 atom stereocenters. The van der Waals surface area contributed by atoms with Gasteiger partial charge in [-0.1, -0.05) is 25.3 Å². The lowest BCUT2D eigenvalue weighted by molar-refractivity contribution is -0.224. The van der Waals surface area contributed by atoms with Crippen LogP contribution in [0, 0.1) is 11.2 Å². The molecule has 2 saturated carbocycles. The van der Waals surface area contributed by atoms with Gasteiger partial charge in [0.05, 0.1) is 29.8 Å². The summed E-state index contributed by atoms with van der Waals surface area (Å²) in [5.41, 5.74) is 4.44. The number of rotatable bonds is 1. The number of aromatic nitrogens is 2. The largest absolute Gasteiger partial charge is 0.343 e. The summed E-state index contributed by atoms with van der Waals surface area (Å²) in [4.78, 5) is 0. The number of nitrogens with zero attached hydrogens (tertiary/aromatic N) is 2. The highest BCUT2D eigenvalue weighted by atomic mass is 19.1. The Morgan fingerprint density at radius 1 is 1.11 bits per heavy atom. The number of halogens is 1. The molecule has 0 radical (unpaired) electrons. The van der Waals surface area contributed by atoms with E-state index < -0.39 is 5.79 Å². The van der Waals surface area contributed by atoms with Crippen LogP contribution in [0.2, 0.25) is 0 Å². The minimum atomic E-state index is -0.492. The second-order valence-corrected chi connectivity index (χ2v) is 8.97. The van der Waals surface area contributed by atoms with Gasteiger partial charge in [-0.25, -0.2) is 9.07 Å². The lowest BCUT2D eigenvalue weighted by Crippen LogP contribution is -2.46. The van der Waals surface area contributed by atoms with E-state index in [0.29, 0.717) is 0 Å². The van der Waals surface area contributed by atoms with E-state index in [1.165, 1.54) is 36.1 Å². The van der Waals surface area contributed by atoms with E-state index in [0.717, 1.165) is 43.5 Å². The van der Waals surface area contributed by atoms with Gasteiger partial charge in [-0.15, -0.1) is 0 Å². The molecule has 3 aliphatic carbocycles. The number of fused-ring (bicyclic) bond motifs is 4. The molecule has 1 aliphatic heterocycles. The van der Waals surface area contributed by atoms with Crippen LogP contribution in [0.3, 0.4) is 0 Å². The average molecular weight is 380 g/mol. The summed E-state index contributed by atoms with van der Waals surface area (Å²) in [6, 6.07) is 6.52. The smallest absolute Gasteiger partial charge is 0.178 e. The zero-order chi connectivity index (χ0) is 18.9. The minimum absolute atomic E-state index is 0.145. The molecule has 0 amide bonds. The van der Waals surface area contributed by atoms with E-state index in [-0.39, 0.29) is 23.4 Å². The molecule has 5 heteroatoms. The zero-order valence-electron chi connectivity index (χ0n) is 16.2. The van der Waals surface area contributed by atoms with Crippen molar-refractivity contribution in [2.24, 2.45) is 5.41 Å². The lowest BCUT2D eigenvalue weighted by Gasteiger charge is -2.42. The van der Waals surface area contributed by atoms with Crippen LogP contribution in [-0.4, -0.2) is 27.8 Å². The number of ether oxygens (including phenoxy) is 2. The summed E-state index contributed by atoms with van der Waals surface area (Å²) in [5.74, 6) is -0.723. The molecule has 146 valence electrons. The molecule has 0 unspecified atom stereocenters. The van der Waals surface area contributed by atoms with Gasteiger partial charge >= 0.3 is 0 Å². The monoisotopic (exact) mass is 380 g/mol. The van der Waals surface area contributed by atoms with Gasteiger partial charge < -0.3 is 9.47 Å². The summed E-state index contributed by atoms with van der Waals surface area (Å²) in [6.07, 6.45) is 12.3. The summed E-state index contributed by atoms with van der Waals surface area (Å²) in [5, 5.41) is 4.61. The van der Waals surface area contributed by atoms with Gasteiger partial charge in [0.1, 0.15) is 5.82 Å². The van der Waals surface area contributed by atoms with Crippen LogP contribution in [0.15, 0.2) is 36.0 Å². The maximum atomic E-state index is 13.3. The Bertz CT molecular complexity index is 949. The van der Waals surface area contributed by atoms with Crippen LogP contribution in [-0.2, 0) is 15.9 Å². The van der Waals surface area contributed by atoms with Crippen LogP contribution in [0.25, 0.3) is 11.8 Å². The second-order valence-electron chi connectivity index (χ2n) is 8.97. The molecular weight excluding hydrogens is 355 g/mol. The average Bonchev–Trinajstić information content (AvgIpc) is 3.35. The van der Waals surface area contributed by atoms with Crippen LogP contribution in [0.5, 0.6) is 0 Å². The first-order valence-electron chi connectivity index (χ1n) is 10.5. The van der Waals surface area contributed by atoms with Crippen molar-refractivity contribution < 1.29 is 13.9 Å². The second kappa shape index (κ2) is 5.77. The van der Waals surface area contributed by atoms with Crippen molar-refractivity contribution in [1.82, 2.24) is 9.78 Å². The van der Waals surface area contributed by atoms with Gasteiger partial charge in [0.15, 0.2) is 5.79 Å². The molecule has 6 rings (SSSR count). The van der Waals surface area contributed by atoms with Crippen molar-refractivity contribution in [1.29, 1.82) is 0 Å². The van der Waals surface area contributed by atoms with Crippen molar-refractivity contribution in [3.63, 3.8) is 0 Å². The van der Waals surface area contributed by atoms with Crippen molar-refractivity contribution in [2.45, 2.75) is 69.9 Å². The molecule has 28 heavy (non-hydrogen) atoms. The molecule has 2 heterocycles.